The highest BCUT2D eigenvalue weighted by molar-refractivity contribution is 5.94. The van der Waals surface area contributed by atoms with Crippen molar-refractivity contribution in [1.82, 2.24) is 10.2 Å². The van der Waals surface area contributed by atoms with Crippen LogP contribution in [-0.4, -0.2) is 43.1 Å². The molecule has 1 fully saturated rings. The van der Waals surface area contributed by atoms with Crippen molar-refractivity contribution in [2.45, 2.75) is 46.1 Å². The van der Waals surface area contributed by atoms with Gasteiger partial charge in [-0.15, -0.1) is 0 Å². The van der Waals surface area contributed by atoms with E-state index in [1.54, 1.807) is 0 Å². The van der Waals surface area contributed by atoms with Crippen LogP contribution >= 0.6 is 0 Å². The van der Waals surface area contributed by atoms with E-state index in [-0.39, 0.29) is 5.91 Å². The van der Waals surface area contributed by atoms with Crippen LogP contribution in [-0.2, 0) is 0 Å². The van der Waals surface area contributed by atoms with Gasteiger partial charge in [-0.05, 0) is 63.5 Å². The van der Waals surface area contributed by atoms with E-state index < -0.39 is 0 Å². The largest absolute Gasteiger partial charge is 0.494 e. The summed E-state index contributed by atoms with van der Waals surface area (Å²) < 4.78 is 5.52. The van der Waals surface area contributed by atoms with Crippen LogP contribution in [0.15, 0.2) is 18.2 Å². The smallest absolute Gasteiger partial charge is 0.251 e. The zero-order valence-electron chi connectivity index (χ0n) is 14.0. The van der Waals surface area contributed by atoms with Gasteiger partial charge in [0.2, 0.25) is 0 Å². The molecule has 1 amide bonds. The van der Waals surface area contributed by atoms with Gasteiger partial charge in [0.1, 0.15) is 5.75 Å². The molecule has 1 heterocycles. The van der Waals surface area contributed by atoms with E-state index in [0.717, 1.165) is 30.9 Å². The standard InChI is InChI=1S/C18H28N2O2/c1-4-20-11-7-6-8-16(20)13-19-18(21)15-9-10-17(22-5-2)14(3)12-15/h9-10,12,16H,4-8,11,13H2,1-3H3,(H,19,21). The number of likely N-dealkylation sites (tertiary alicyclic amines) is 1. The lowest BCUT2D eigenvalue weighted by Gasteiger charge is -2.34. The summed E-state index contributed by atoms with van der Waals surface area (Å²) in [6, 6.07) is 6.10. The number of nitrogens with zero attached hydrogens (tertiary/aromatic N) is 1. The number of aryl methyl sites for hydroxylation is 1. The van der Waals surface area contributed by atoms with Crippen molar-refractivity contribution in [2.24, 2.45) is 0 Å². The van der Waals surface area contributed by atoms with Crippen molar-refractivity contribution >= 4 is 5.91 Å². The SMILES string of the molecule is CCOc1ccc(C(=O)NCC2CCCCN2CC)cc1C. The Morgan fingerprint density at radius 1 is 1.36 bits per heavy atom. The van der Waals surface area contributed by atoms with Crippen molar-refractivity contribution in [2.75, 3.05) is 26.2 Å². The number of ether oxygens (including phenoxy) is 1. The van der Waals surface area contributed by atoms with E-state index in [4.69, 9.17) is 4.74 Å². The van der Waals surface area contributed by atoms with E-state index >= 15 is 0 Å². The molecule has 122 valence electrons. The molecule has 2 rings (SSSR count). The summed E-state index contributed by atoms with van der Waals surface area (Å²) in [4.78, 5) is 14.8. The number of carbonyl (C=O) groups is 1. The highest BCUT2D eigenvalue weighted by Crippen LogP contribution is 2.19. The third-order valence-corrected chi connectivity index (χ3v) is 4.39. The summed E-state index contributed by atoms with van der Waals surface area (Å²) in [5, 5.41) is 3.09. The molecule has 0 spiro atoms. The highest BCUT2D eigenvalue weighted by Gasteiger charge is 2.21. The van der Waals surface area contributed by atoms with Gasteiger partial charge in [0.15, 0.2) is 0 Å². The maximum atomic E-state index is 12.3. The Morgan fingerprint density at radius 3 is 2.86 bits per heavy atom. The van der Waals surface area contributed by atoms with E-state index in [9.17, 15) is 4.79 Å². The summed E-state index contributed by atoms with van der Waals surface area (Å²) >= 11 is 0. The molecule has 1 aliphatic heterocycles. The maximum absolute atomic E-state index is 12.3. The monoisotopic (exact) mass is 304 g/mol. The number of hydrogen-bond acceptors (Lipinski definition) is 3. The predicted octanol–water partition coefficient (Wildman–Crippen LogP) is 3.00. The molecule has 0 aromatic heterocycles. The molecule has 4 nitrogen and oxygen atoms in total. The molecule has 1 atom stereocenters. The molecular formula is C18H28N2O2. The number of hydrogen-bond donors (Lipinski definition) is 1. The second kappa shape index (κ2) is 8.18. The van der Waals surface area contributed by atoms with Crippen molar-refractivity contribution in [3.8, 4) is 5.75 Å². The van der Waals surface area contributed by atoms with Crippen LogP contribution < -0.4 is 10.1 Å². The average Bonchev–Trinajstić information content (AvgIpc) is 2.54. The highest BCUT2D eigenvalue weighted by atomic mass is 16.5. The van der Waals surface area contributed by atoms with Gasteiger partial charge in [-0.3, -0.25) is 9.69 Å². The van der Waals surface area contributed by atoms with Gasteiger partial charge < -0.3 is 10.1 Å². The van der Waals surface area contributed by atoms with E-state index in [2.05, 4.69) is 17.1 Å². The first-order valence-corrected chi connectivity index (χ1v) is 8.41. The molecule has 1 saturated heterocycles. The third-order valence-electron chi connectivity index (χ3n) is 4.39. The number of benzene rings is 1. The van der Waals surface area contributed by atoms with Crippen LogP contribution in [0.4, 0.5) is 0 Å². The summed E-state index contributed by atoms with van der Waals surface area (Å²) in [5.74, 6) is 0.858. The van der Waals surface area contributed by atoms with Crippen LogP contribution in [0.5, 0.6) is 5.75 Å². The molecule has 0 radical (unpaired) electrons. The third kappa shape index (κ3) is 4.23. The topological polar surface area (TPSA) is 41.6 Å². The Hall–Kier alpha value is -1.55. The molecule has 4 heteroatoms. The number of amides is 1. The van der Waals surface area contributed by atoms with E-state index in [0.29, 0.717) is 18.2 Å². The number of piperidine rings is 1. The van der Waals surface area contributed by atoms with Gasteiger partial charge in [0, 0.05) is 18.2 Å². The van der Waals surface area contributed by atoms with Crippen LogP contribution in [0.25, 0.3) is 0 Å². The van der Waals surface area contributed by atoms with Gasteiger partial charge in [-0.2, -0.15) is 0 Å². The van der Waals surface area contributed by atoms with Crippen molar-refractivity contribution in [3.63, 3.8) is 0 Å². The Kier molecular flexibility index (Phi) is 6.25. The number of rotatable bonds is 6. The Morgan fingerprint density at radius 2 is 2.18 bits per heavy atom. The fraction of sp³-hybridized carbons (Fsp3) is 0.611. The predicted molar refractivity (Wildman–Crippen MR) is 89.6 cm³/mol. The van der Waals surface area contributed by atoms with E-state index in [1.165, 1.54) is 19.3 Å². The van der Waals surface area contributed by atoms with E-state index in [1.807, 2.05) is 32.0 Å². The van der Waals surface area contributed by atoms with Crippen LogP contribution in [0.2, 0.25) is 0 Å². The minimum absolute atomic E-state index is 0.00720. The van der Waals surface area contributed by atoms with Crippen molar-refractivity contribution < 1.29 is 9.53 Å². The minimum Gasteiger partial charge on any atom is -0.494 e. The van der Waals surface area contributed by atoms with Crippen LogP contribution in [0.3, 0.4) is 0 Å². The summed E-state index contributed by atoms with van der Waals surface area (Å²) in [6.45, 7) is 9.71. The minimum atomic E-state index is 0.00720. The molecule has 1 aliphatic rings. The quantitative estimate of drug-likeness (QED) is 0.878. The van der Waals surface area contributed by atoms with Gasteiger partial charge in [0.25, 0.3) is 5.91 Å². The second-order valence-corrected chi connectivity index (χ2v) is 5.90. The molecule has 1 aromatic carbocycles. The average molecular weight is 304 g/mol. The molecular weight excluding hydrogens is 276 g/mol. The maximum Gasteiger partial charge on any atom is 0.251 e. The Labute approximate surface area is 133 Å². The van der Waals surface area contributed by atoms with Gasteiger partial charge in [-0.25, -0.2) is 0 Å². The zero-order valence-corrected chi connectivity index (χ0v) is 14.0. The van der Waals surface area contributed by atoms with Gasteiger partial charge >= 0.3 is 0 Å². The molecule has 1 N–H and O–H groups in total. The lowest BCUT2D eigenvalue weighted by Crippen LogP contribution is -2.46. The summed E-state index contributed by atoms with van der Waals surface area (Å²) in [5.41, 5.74) is 1.71. The van der Waals surface area contributed by atoms with Crippen molar-refractivity contribution in [1.29, 1.82) is 0 Å². The first kappa shape index (κ1) is 16.8. The lowest BCUT2D eigenvalue weighted by atomic mass is 10.0. The molecule has 0 bridgehead atoms. The second-order valence-electron chi connectivity index (χ2n) is 5.90. The fourth-order valence-corrected chi connectivity index (χ4v) is 3.13. The molecule has 0 aliphatic carbocycles. The molecule has 1 aromatic rings. The molecule has 22 heavy (non-hydrogen) atoms. The normalized spacial score (nSPS) is 19.0. The number of likely N-dealkylation sites (N-methyl/N-ethyl adjacent to an activating group) is 1. The van der Waals surface area contributed by atoms with Crippen LogP contribution in [0, 0.1) is 6.92 Å². The first-order chi connectivity index (χ1) is 10.7. The van der Waals surface area contributed by atoms with Crippen LogP contribution in [0.1, 0.15) is 49.0 Å². The number of carbonyl (C=O) groups excluding carboxylic acids is 1. The summed E-state index contributed by atoms with van der Waals surface area (Å²) in [6.07, 6.45) is 3.71. The summed E-state index contributed by atoms with van der Waals surface area (Å²) in [7, 11) is 0. The Bertz CT molecular complexity index is 502. The van der Waals surface area contributed by atoms with Crippen molar-refractivity contribution in [3.05, 3.63) is 29.3 Å². The Balaban J connectivity index is 1.93. The van der Waals surface area contributed by atoms with Gasteiger partial charge in [0.05, 0.1) is 6.61 Å². The first-order valence-electron chi connectivity index (χ1n) is 8.41. The molecule has 1 unspecified atom stereocenters. The van der Waals surface area contributed by atoms with Gasteiger partial charge in [-0.1, -0.05) is 13.3 Å². The number of nitrogens with one attached hydrogen (secondary N) is 1. The molecule has 0 saturated carbocycles. The fourth-order valence-electron chi connectivity index (χ4n) is 3.13. The zero-order chi connectivity index (χ0) is 15.9. The lowest BCUT2D eigenvalue weighted by molar-refractivity contribution is 0.0918.